The molecule has 30 heteroatoms. The Labute approximate surface area is 776 Å². The number of methoxy groups -OCH3 is 2. The monoisotopic (exact) mass is 1870 g/mol. The molecular formula is C102H116BBrF4N12O12. The van der Waals surface area contributed by atoms with Gasteiger partial charge in [-0.2, -0.15) is 17.6 Å². The van der Waals surface area contributed by atoms with Crippen molar-refractivity contribution in [1.29, 1.82) is 0 Å². The Balaban J connectivity index is 0.000000136. The molecule has 4 N–H and O–H groups in total. The van der Waals surface area contributed by atoms with Crippen LogP contribution in [0.15, 0.2) is 136 Å². The zero-order chi connectivity index (χ0) is 93.5. The van der Waals surface area contributed by atoms with Crippen molar-refractivity contribution in [2.45, 2.75) is 269 Å². The van der Waals surface area contributed by atoms with Crippen molar-refractivity contribution in [1.82, 2.24) is 50.2 Å². The van der Waals surface area contributed by atoms with Crippen LogP contribution in [0.25, 0.3) is 55.9 Å². The summed E-state index contributed by atoms with van der Waals surface area (Å²) in [4.78, 5) is 112. The summed E-state index contributed by atoms with van der Waals surface area (Å²) in [6.07, 6.45) is 14.7. The highest BCUT2D eigenvalue weighted by atomic mass is 79.9. The number of piperidine rings is 2. The summed E-state index contributed by atoms with van der Waals surface area (Å²) in [6, 6.07) is 30.9. The van der Waals surface area contributed by atoms with Gasteiger partial charge in [0, 0.05) is 87.3 Å². The minimum atomic E-state index is -3.25. The number of hydrogen-bond acceptors (Lipinski definition) is 16. The average molecular weight is 1870 g/mol. The van der Waals surface area contributed by atoms with Crippen molar-refractivity contribution in [3.8, 4) is 55.9 Å². The number of hydrogen-bond donors (Lipinski definition) is 4. The maximum absolute atomic E-state index is 16.6. The van der Waals surface area contributed by atoms with Crippen LogP contribution >= 0.6 is 15.9 Å². The molecule has 24 nitrogen and oxygen atoms in total. The molecule has 5 saturated heterocycles. The van der Waals surface area contributed by atoms with E-state index in [1.165, 1.54) is 31.9 Å². The van der Waals surface area contributed by atoms with Gasteiger partial charge < -0.3 is 58.7 Å². The fourth-order valence-electron chi connectivity index (χ4n) is 22.2. The summed E-state index contributed by atoms with van der Waals surface area (Å²) in [5.74, 6) is -5.00. The molecule has 9 heterocycles. The number of imidazole rings is 2. The van der Waals surface area contributed by atoms with Crippen LogP contribution in [-0.4, -0.2) is 180 Å². The van der Waals surface area contributed by atoms with Crippen LogP contribution in [0.3, 0.4) is 0 Å². The first-order valence-corrected chi connectivity index (χ1v) is 47.4. The molecule has 21 rings (SSSR count). The highest BCUT2D eigenvalue weighted by Crippen LogP contribution is 2.62. The van der Waals surface area contributed by atoms with Gasteiger partial charge in [-0.1, -0.05) is 104 Å². The number of carbonyl (C=O) groups excluding carboxylic acids is 6. The van der Waals surface area contributed by atoms with Gasteiger partial charge in [-0.3, -0.25) is 29.4 Å². The molecular weight excluding hydrogens is 1750 g/mol. The topological polar surface area (TPSA) is 277 Å². The molecule has 9 fully saturated rings. The summed E-state index contributed by atoms with van der Waals surface area (Å²) in [7, 11) is 2.16. The smallest absolute Gasteiger partial charge is 0.453 e. The van der Waals surface area contributed by atoms with Crippen molar-refractivity contribution in [3.05, 3.63) is 171 Å². The normalized spacial score (nSPS) is 24.5. The first-order valence-electron chi connectivity index (χ1n) is 46.6. The number of aliphatic imine (C=N–C) groups is 2. The summed E-state index contributed by atoms with van der Waals surface area (Å²) >= 11 is 3.31. The van der Waals surface area contributed by atoms with E-state index in [0.29, 0.717) is 97.8 Å². The lowest BCUT2D eigenvalue weighted by Crippen LogP contribution is -2.51. The molecule has 6 aromatic carbocycles. The predicted octanol–water partition coefficient (Wildman–Crippen LogP) is 20.5. The van der Waals surface area contributed by atoms with Gasteiger partial charge in [-0.25, -0.2) is 29.1 Å². The third-order valence-electron chi connectivity index (χ3n) is 30.1. The molecule has 0 radical (unpaired) electrons. The Bertz CT molecular complexity index is 6070. The van der Waals surface area contributed by atoms with Crippen molar-refractivity contribution < 1.29 is 74.6 Å². The number of H-pyrrole nitrogens is 2. The Morgan fingerprint density at radius 2 is 0.902 bits per heavy atom. The van der Waals surface area contributed by atoms with Gasteiger partial charge in [-0.05, 0) is 279 Å². The van der Waals surface area contributed by atoms with E-state index in [0.717, 1.165) is 123 Å². The number of alkyl carbamates (subject to hydrolysis) is 2. The minimum absolute atomic E-state index is 0.00978. The Kier molecular flexibility index (Phi) is 22.5. The second-order valence-electron chi connectivity index (χ2n) is 42.6. The fraction of sp³-hybridized carbons (Fsp3) is 0.510. The van der Waals surface area contributed by atoms with Gasteiger partial charge >= 0.3 is 31.5 Å². The van der Waals surface area contributed by atoms with Gasteiger partial charge in [0.1, 0.15) is 34.9 Å². The third-order valence-corrected chi connectivity index (χ3v) is 30.6. The zero-order valence-corrected chi connectivity index (χ0v) is 79.3. The number of carbonyl (C=O) groups is 6. The lowest BCUT2D eigenvalue weighted by molar-refractivity contribution is -0.136. The molecule has 4 bridgehead atoms. The first-order chi connectivity index (χ1) is 62.4. The number of benzene rings is 6. The number of aromatic nitrogens is 4. The van der Waals surface area contributed by atoms with E-state index in [9.17, 15) is 28.8 Å². The van der Waals surface area contributed by atoms with E-state index in [1.54, 1.807) is 54.9 Å². The highest BCUT2D eigenvalue weighted by Gasteiger charge is 2.60. The quantitative estimate of drug-likeness (QED) is 0.0448. The van der Waals surface area contributed by atoms with Crippen LogP contribution in [-0.2, 0) is 62.5 Å². The van der Waals surface area contributed by atoms with E-state index in [4.69, 9.17) is 43.2 Å². The lowest BCUT2D eigenvalue weighted by Gasteiger charge is -2.36. The van der Waals surface area contributed by atoms with E-state index < -0.39 is 47.3 Å². The van der Waals surface area contributed by atoms with E-state index in [2.05, 4.69) is 93.5 Å². The number of nitrogens with zero attached hydrogens (tertiary/aromatic N) is 8. The van der Waals surface area contributed by atoms with Gasteiger partial charge in [0.2, 0.25) is 11.8 Å². The van der Waals surface area contributed by atoms with Gasteiger partial charge in [-0.15, -0.1) is 0 Å². The third kappa shape index (κ3) is 16.5. The molecule has 2 aromatic heterocycles. The Morgan fingerprint density at radius 1 is 0.515 bits per heavy atom. The second kappa shape index (κ2) is 32.8. The number of halogens is 5. The van der Waals surface area contributed by atoms with Crippen LogP contribution in [0.4, 0.5) is 48.1 Å². The molecule has 4 saturated carbocycles. The van der Waals surface area contributed by atoms with Crippen molar-refractivity contribution in [3.63, 3.8) is 0 Å². The summed E-state index contributed by atoms with van der Waals surface area (Å²) < 4.78 is 98.3. The molecule has 8 aromatic rings. The Morgan fingerprint density at radius 3 is 1.32 bits per heavy atom. The van der Waals surface area contributed by atoms with Gasteiger partial charge in [0.25, 0.3) is 11.8 Å². The number of nitrogens with one attached hydrogen (secondary N) is 4. The van der Waals surface area contributed by atoms with Gasteiger partial charge in [0.15, 0.2) is 0 Å². The summed E-state index contributed by atoms with van der Waals surface area (Å²) in [6.45, 7) is 28.4. The Hall–Kier alpha value is -10.7. The molecule has 13 aliphatic rings. The van der Waals surface area contributed by atoms with E-state index in [-0.39, 0.29) is 123 Å². The van der Waals surface area contributed by atoms with Crippen molar-refractivity contribution >= 4 is 87.5 Å². The minimum Gasteiger partial charge on any atom is -0.453 e. The molecule has 0 unspecified atom stereocenters. The number of rotatable bonds is 14. The number of amides is 6. The molecule has 6 amide bonds. The SMILES string of the molecule is CC(C)(C)OC(=O)N1[C@@H]2CC[C@@H](C2)[C@H]1C1=Nc2ccc(B3OC(C)(C)C(C)(C)O3)cc2C1.COC(=O)N[C@H](C(=O)N1CC2(CC2)C[C@H]1c1ncc(-c2ccc3c(c2)C(F)(F)c2cc(-c4ccc5c(c4)CC([C@@H]4[C@H]6CC[C@H](C6)N4C(=O)OC(C)(C)C)=N5)ccc2-3)[nH]1)C(C)C.COC(=O)N[C@H](C(=O)N1CC2(CC2)C[C@H]1c1ncc(-c2ccc3c(c2)C(F)(F)c2cc(Br)ccc2-3)[nH]1)C(C)C. The van der Waals surface area contributed by atoms with Crippen molar-refractivity contribution in [2.24, 2.45) is 44.5 Å². The van der Waals surface area contributed by atoms with Crippen molar-refractivity contribution in [2.75, 3.05) is 27.3 Å². The van der Waals surface area contributed by atoms with Gasteiger partial charge in [0.05, 0.1) is 84.7 Å². The first kappa shape index (κ1) is 90.5. The highest BCUT2D eigenvalue weighted by molar-refractivity contribution is 9.10. The average Bonchev–Trinajstić information content (AvgIpc) is 1.57. The summed E-state index contributed by atoms with van der Waals surface area (Å²) in [5, 5.41) is 5.39. The number of alkyl halides is 4. The van der Waals surface area contributed by atoms with E-state index in [1.807, 2.05) is 119 Å². The van der Waals surface area contributed by atoms with E-state index >= 15 is 17.6 Å². The molecule has 694 valence electrons. The van der Waals surface area contributed by atoms with Crippen LogP contribution in [0.1, 0.15) is 231 Å². The molecule has 6 aliphatic carbocycles. The molecule has 7 aliphatic heterocycles. The van der Waals surface area contributed by atoms with Crippen LogP contribution < -0.4 is 16.1 Å². The number of aromatic amines is 2. The zero-order valence-electron chi connectivity index (χ0n) is 77.7. The van der Waals surface area contributed by atoms with Crippen LogP contribution in [0.2, 0.25) is 0 Å². The standard InChI is InChI=1S/C48H52F2N6O5.C29H29BrF2N4O3.C25H35BN2O4/c1-25(2)40(54-44(58)60-6)43(57)55-24-47(15-16-47)22-39(55)42-51-23-38(53-42)28-9-13-33-32-12-8-27(19-34(32)48(49,50)35(33)20-28)26-10-14-36-30(17-26)21-37(52-36)41-29-7-11-31(18-29)56(41)45(59)61-46(3,4)5;1-15(2)24(35-27(38)39-3)26(37)36-14-28(8-9-28)12-23(36)25-33-13-22(34-25)16-4-6-18-19-7-5-17(30)11-21(19)29(31,32)20(18)10-16;1-23(2,3)30-22(29)28-18-10-8-15(13-18)21(28)20-14-16-12-17(9-11-19(16)27-20)26-31-24(4,5)25(6,7)32-26/h8-10,12-14,17,19-20,23,25,29,31,39-41H,7,11,15-16,18,21-22,24H2,1-6H3,(H,51,53)(H,54,58);4-7,10-11,13,15,23-24H,8-9,12,14H2,1-3H3,(H,33,34)(H,35,38);9,11-12,15,18,21H,8,10,13-14H2,1-7H3/t29-,31+,39-,40-,41-;23-,24-;15-,18+,21-/m000/s1. The molecule has 10 atom stereocenters. The molecule has 2 spiro atoms. The van der Waals surface area contributed by atoms with Crippen LogP contribution in [0.5, 0.6) is 0 Å². The molecule has 132 heavy (non-hydrogen) atoms. The van der Waals surface area contributed by atoms with Crippen LogP contribution in [0, 0.1) is 34.5 Å². The maximum atomic E-state index is 16.6. The number of likely N-dealkylation sites (tertiary alicyclic amines) is 4. The summed E-state index contributed by atoms with van der Waals surface area (Å²) in [5.41, 5.74) is 11.2. The predicted molar refractivity (Wildman–Crippen MR) is 498 cm³/mol. The number of ether oxygens (including phenoxy) is 4. The second-order valence-corrected chi connectivity index (χ2v) is 43.5. The maximum Gasteiger partial charge on any atom is 0.494 e. The lowest BCUT2D eigenvalue weighted by atomic mass is 9.78. The fourth-order valence-corrected chi connectivity index (χ4v) is 22.6. The number of fused-ring (bicyclic) bond motifs is 12. The largest absolute Gasteiger partial charge is 0.494 e.